The Labute approximate surface area is 454 Å². The van der Waals surface area contributed by atoms with Crippen molar-refractivity contribution in [2.24, 2.45) is 29.2 Å². The molecule has 1 aliphatic rings. The average Bonchev–Trinajstić information content (AvgIpc) is 3.85. The highest BCUT2D eigenvalue weighted by Crippen LogP contribution is 2.22. The van der Waals surface area contributed by atoms with Gasteiger partial charge in [0.05, 0.1) is 12.5 Å². The number of carboxylic acids is 2. The van der Waals surface area contributed by atoms with Gasteiger partial charge in [-0.05, 0) is 92.3 Å². The number of carbonyl (C=O) groups excluding carboxylic acids is 9. The molecule has 1 aromatic rings. The van der Waals surface area contributed by atoms with Crippen LogP contribution in [-0.2, 0) is 59.2 Å². The quantitative estimate of drug-likeness (QED) is 0.0439. The van der Waals surface area contributed by atoms with Gasteiger partial charge < -0.3 is 63.8 Å². The maximum absolute atomic E-state index is 14.5. The first-order valence-corrected chi connectivity index (χ1v) is 28.6. The number of nitrogens with two attached hydrogens (primary N) is 2. The number of hydrogen-bond acceptors (Lipinski definition) is 14. The number of primary amides is 1. The van der Waals surface area contributed by atoms with Crippen LogP contribution in [0, 0.1) is 17.8 Å². The molecule has 1 heterocycles. The molecule has 426 valence electrons. The van der Waals surface area contributed by atoms with E-state index < -0.39 is 132 Å². The first-order chi connectivity index (χ1) is 35.8. The van der Waals surface area contributed by atoms with E-state index in [2.05, 4.69) is 37.2 Å². The molecule has 23 nitrogen and oxygen atoms in total. The molecule has 0 unspecified atom stereocenters. The van der Waals surface area contributed by atoms with Crippen LogP contribution in [0.2, 0.25) is 0 Å². The van der Waals surface area contributed by atoms with Crippen LogP contribution in [0.4, 0.5) is 0 Å². The van der Waals surface area contributed by atoms with Crippen LogP contribution in [0.25, 0.3) is 0 Å². The third-order valence-corrected chi connectivity index (χ3v) is 14.0. The second-order valence-electron chi connectivity index (χ2n) is 20.0. The lowest BCUT2D eigenvalue weighted by molar-refractivity contribution is -0.143. The Morgan fingerprint density at radius 2 is 1.13 bits per heavy atom. The zero-order valence-electron chi connectivity index (χ0n) is 45.0. The Bertz CT molecular complexity index is 2140. The molecule has 0 radical (unpaired) electrons. The topological polar surface area (TPSA) is 368 Å². The number of carbonyl (C=O) groups is 11. The van der Waals surface area contributed by atoms with Gasteiger partial charge in [-0.15, -0.1) is 0 Å². The van der Waals surface area contributed by atoms with E-state index in [4.69, 9.17) is 11.5 Å². The summed E-state index contributed by atoms with van der Waals surface area (Å²) in [6.45, 7) is 10.8. The van der Waals surface area contributed by atoms with E-state index in [-0.39, 0.29) is 69.7 Å². The zero-order chi connectivity index (χ0) is 57.2. The molecular weight excluding hydrogens is 1020 g/mol. The predicted octanol–water partition coefficient (Wildman–Crippen LogP) is 0.410. The summed E-state index contributed by atoms with van der Waals surface area (Å²) in [7, 11) is 0. The number of rotatable bonds is 35. The fourth-order valence-corrected chi connectivity index (χ4v) is 9.31. The Morgan fingerprint density at radius 3 is 1.63 bits per heavy atom. The molecule has 1 saturated heterocycles. The average molecular weight is 1110 g/mol. The smallest absolute Gasteiger partial charge is 0.326 e. The fourth-order valence-electron chi connectivity index (χ4n) is 8.37. The number of amides is 9. The lowest BCUT2D eigenvalue weighted by Gasteiger charge is -2.32. The first-order valence-electron chi connectivity index (χ1n) is 25.8. The third-order valence-electron chi connectivity index (χ3n) is 12.7. The van der Waals surface area contributed by atoms with E-state index in [9.17, 15) is 63.0 Å². The van der Waals surface area contributed by atoms with Crippen LogP contribution < -0.4 is 48.7 Å². The highest BCUT2D eigenvalue weighted by molar-refractivity contribution is 7.98. The Kier molecular flexibility index (Phi) is 29.6. The molecule has 13 N–H and O–H groups in total. The van der Waals surface area contributed by atoms with Gasteiger partial charge in [0.1, 0.15) is 48.3 Å². The molecule has 2 rings (SSSR count). The molecule has 9 amide bonds. The summed E-state index contributed by atoms with van der Waals surface area (Å²) in [5.41, 5.74) is 12.0. The summed E-state index contributed by atoms with van der Waals surface area (Å²) in [4.78, 5) is 148. The van der Waals surface area contributed by atoms with Crippen LogP contribution in [-0.4, -0.2) is 165 Å². The molecule has 0 spiro atoms. The minimum Gasteiger partial charge on any atom is -0.481 e. The first kappa shape index (κ1) is 66.2. The van der Waals surface area contributed by atoms with Crippen LogP contribution in [0.1, 0.15) is 111 Å². The highest BCUT2D eigenvalue weighted by atomic mass is 32.2. The van der Waals surface area contributed by atoms with Gasteiger partial charge >= 0.3 is 11.9 Å². The summed E-state index contributed by atoms with van der Waals surface area (Å²) in [6, 6.07) is -2.73. The van der Waals surface area contributed by atoms with Gasteiger partial charge in [0, 0.05) is 19.4 Å². The van der Waals surface area contributed by atoms with Crippen LogP contribution in [0.3, 0.4) is 0 Å². The number of hydrogen-bond donors (Lipinski definition) is 11. The summed E-state index contributed by atoms with van der Waals surface area (Å²) >= 11 is 2.84. The number of likely N-dealkylation sites (tertiary alicyclic amines) is 1. The third kappa shape index (κ3) is 23.1. The lowest BCUT2D eigenvalue weighted by Crippen LogP contribution is -2.61. The van der Waals surface area contributed by atoms with Crippen molar-refractivity contribution in [3.8, 4) is 0 Å². The van der Waals surface area contributed by atoms with Gasteiger partial charge in [0.15, 0.2) is 0 Å². The molecule has 0 aliphatic carbocycles. The van der Waals surface area contributed by atoms with Crippen molar-refractivity contribution in [3.63, 3.8) is 0 Å². The van der Waals surface area contributed by atoms with Crippen LogP contribution in [0.5, 0.6) is 0 Å². The second kappa shape index (κ2) is 33.9. The van der Waals surface area contributed by atoms with Crippen molar-refractivity contribution in [2.45, 2.75) is 167 Å². The molecule has 0 saturated carbocycles. The maximum atomic E-state index is 14.5. The minimum absolute atomic E-state index is 0.0453. The highest BCUT2D eigenvalue weighted by Gasteiger charge is 2.41. The molecular formula is C51H82N10O13S2. The van der Waals surface area contributed by atoms with Crippen molar-refractivity contribution in [1.82, 2.24) is 42.1 Å². The minimum atomic E-state index is -1.48. The van der Waals surface area contributed by atoms with Gasteiger partial charge in [-0.1, -0.05) is 78.3 Å². The Hall–Kier alpha value is -5.95. The molecule has 0 aromatic heterocycles. The van der Waals surface area contributed by atoms with Crippen molar-refractivity contribution in [1.29, 1.82) is 0 Å². The van der Waals surface area contributed by atoms with E-state index in [1.165, 1.54) is 28.4 Å². The molecule has 25 heteroatoms. The summed E-state index contributed by atoms with van der Waals surface area (Å²) < 4.78 is 0. The number of benzene rings is 1. The van der Waals surface area contributed by atoms with Gasteiger partial charge in [0.25, 0.3) is 0 Å². The molecule has 10 atom stereocenters. The molecule has 0 bridgehead atoms. The largest absolute Gasteiger partial charge is 0.481 e. The van der Waals surface area contributed by atoms with Crippen LogP contribution >= 0.6 is 23.5 Å². The summed E-state index contributed by atoms with van der Waals surface area (Å²) in [5, 5.41) is 37.6. The normalized spacial score (nSPS) is 16.8. The van der Waals surface area contributed by atoms with E-state index in [1.807, 2.05) is 12.5 Å². The Morgan fingerprint density at radius 1 is 0.645 bits per heavy atom. The standard InChI is InChI=1S/C51H82N10O13S2/c1-9-30(6)42(49(71)54-33(19-22-75-7)44(66)56-35(51(73)74)20-23-76-8)60-48(70)39-16-13-21-61(39)50(72)34(17-18-40(53)62)55-45(67)36(24-28(2)3)58-46(68)37(25-29(4)5)59-47(69)38(26-31-14-11-10-12-15-31)57-43(65)32(52)27-41(63)64/h10-12,14-15,28-30,32-39,42H,9,13,16-27,52H2,1-8H3,(H2,53,62)(H,54,71)(H,55,67)(H,56,66)(H,57,65)(H,58,68)(H,59,69)(H,60,70)(H,63,64)(H,73,74)/t30-,32-,33-,34-,35-,36-,37-,38-,39-,42-/m0/s1. The number of nitrogens with one attached hydrogen (secondary N) is 7. The van der Waals surface area contributed by atoms with E-state index in [0.29, 0.717) is 29.9 Å². The fraction of sp³-hybridized carbons (Fsp3) is 0.667. The number of aliphatic carboxylic acids is 2. The van der Waals surface area contributed by atoms with Gasteiger partial charge in [-0.2, -0.15) is 23.5 Å². The van der Waals surface area contributed by atoms with Crippen LogP contribution in [0.15, 0.2) is 30.3 Å². The molecule has 76 heavy (non-hydrogen) atoms. The monoisotopic (exact) mass is 1110 g/mol. The number of thioether (sulfide) groups is 2. The van der Waals surface area contributed by atoms with Crippen molar-refractivity contribution >= 4 is 88.6 Å². The van der Waals surface area contributed by atoms with Crippen molar-refractivity contribution in [2.75, 3.05) is 30.6 Å². The van der Waals surface area contributed by atoms with Crippen molar-refractivity contribution < 1.29 is 63.0 Å². The number of nitrogens with zero attached hydrogens (tertiary/aromatic N) is 1. The summed E-state index contributed by atoms with van der Waals surface area (Å²) in [5.74, 6) is -9.31. The second-order valence-corrected chi connectivity index (χ2v) is 22.0. The predicted molar refractivity (Wildman–Crippen MR) is 289 cm³/mol. The summed E-state index contributed by atoms with van der Waals surface area (Å²) in [6.07, 6.45) is 3.66. The molecule has 1 aliphatic heterocycles. The van der Waals surface area contributed by atoms with E-state index in [0.717, 1.165) is 0 Å². The Balaban J connectivity index is 2.41. The van der Waals surface area contributed by atoms with Gasteiger partial charge in [-0.25, -0.2) is 4.79 Å². The van der Waals surface area contributed by atoms with E-state index in [1.54, 1.807) is 71.9 Å². The molecule has 1 aromatic carbocycles. The molecule has 1 fully saturated rings. The van der Waals surface area contributed by atoms with Gasteiger partial charge in [-0.3, -0.25) is 47.9 Å². The maximum Gasteiger partial charge on any atom is 0.326 e. The van der Waals surface area contributed by atoms with Crippen molar-refractivity contribution in [3.05, 3.63) is 35.9 Å². The number of carboxylic acid groups (broad SMARTS) is 2. The lowest BCUT2D eigenvalue weighted by atomic mass is 9.97. The SMILES string of the molecule is CC[C@H](C)[C@H](NC(=O)[C@@H]1CCCN1C(=O)[C@H](CCC(N)=O)NC(=O)[C@H](CC(C)C)NC(=O)[C@H](CC(C)C)NC(=O)[C@H](Cc1ccccc1)NC(=O)[C@@H](N)CC(=O)O)C(=O)N[C@@H](CCSC)C(=O)N[C@@H](CCSC)C(=O)O. The van der Waals surface area contributed by atoms with E-state index >= 15 is 0 Å². The zero-order valence-corrected chi connectivity index (χ0v) is 46.7. The van der Waals surface area contributed by atoms with Gasteiger partial charge in [0.2, 0.25) is 53.2 Å².